The topological polar surface area (TPSA) is 38.0 Å². The van der Waals surface area contributed by atoms with Crippen molar-refractivity contribution >= 4 is 11.3 Å². The smallest absolute Gasteiger partial charge is 0.124 e. The summed E-state index contributed by atoms with van der Waals surface area (Å²) in [4.78, 5) is 1.21. The minimum atomic E-state index is -0.602. The SMILES string of the molecule is Cc1cc(C(O)c2cc(C)n(C)n2)cs1. The largest absolute Gasteiger partial charge is 0.382 e. The van der Waals surface area contributed by atoms with Gasteiger partial charge in [-0.3, -0.25) is 4.68 Å². The molecule has 0 aliphatic heterocycles. The molecule has 0 saturated carbocycles. The Kier molecular flexibility index (Phi) is 2.63. The molecule has 15 heavy (non-hydrogen) atoms. The minimum absolute atomic E-state index is 0.602. The van der Waals surface area contributed by atoms with Crippen LogP contribution >= 0.6 is 11.3 Å². The first-order valence-electron chi connectivity index (χ1n) is 4.81. The lowest BCUT2D eigenvalue weighted by atomic mass is 10.1. The average Bonchev–Trinajstić information content (AvgIpc) is 2.74. The van der Waals surface area contributed by atoms with E-state index in [2.05, 4.69) is 5.10 Å². The van der Waals surface area contributed by atoms with Gasteiger partial charge in [0.05, 0.1) is 5.69 Å². The van der Waals surface area contributed by atoms with Crippen molar-refractivity contribution in [1.29, 1.82) is 0 Å². The summed E-state index contributed by atoms with van der Waals surface area (Å²) in [7, 11) is 1.88. The number of nitrogens with zero attached hydrogens (tertiary/aromatic N) is 2. The molecule has 0 aliphatic rings. The highest BCUT2D eigenvalue weighted by Crippen LogP contribution is 2.25. The molecule has 1 N–H and O–H groups in total. The highest BCUT2D eigenvalue weighted by Gasteiger charge is 2.15. The van der Waals surface area contributed by atoms with Crippen molar-refractivity contribution in [1.82, 2.24) is 9.78 Å². The molecule has 1 unspecified atom stereocenters. The van der Waals surface area contributed by atoms with Crippen molar-refractivity contribution in [2.24, 2.45) is 7.05 Å². The summed E-state index contributed by atoms with van der Waals surface area (Å²) in [6, 6.07) is 3.91. The van der Waals surface area contributed by atoms with Crippen LogP contribution in [-0.2, 0) is 7.05 Å². The number of aromatic nitrogens is 2. The third kappa shape index (κ3) is 1.96. The zero-order chi connectivity index (χ0) is 11.0. The second kappa shape index (κ2) is 3.79. The molecule has 0 amide bonds. The van der Waals surface area contributed by atoms with Gasteiger partial charge in [-0.05, 0) is 36.9 Å². The van der Waals surface area contributed by atoms with Crippen molar-refractivity contribution < 1.29 is 5.11 Å². The van der Waals surface area contributed by atoms with Gasteiger partial charge in [-0.1, -0.05) is 0 Å². The van der Waals surface area contributed by atoms with Gasteiger partial charge in [0, 0.05) is 17.6 Å². The summed E-state index contributed by atoms with van der Waals surface area (Å²) in [5.41, 5.74) is 2.69. The fourth-order valence-electron chi connectivity index (χ4n) is 1.50. The third-order valence-corrected chi connectivity index (χ3v) is 3.36. The van der Waals surface area contributed by atoms with Gasteiger partial charge >= 0.3 is 0 Å². The molecule has 2 heterocycles. The first-order chi connectivity index (χ1) is 7.08. The first-order valence-corrected chi connectivity index (χ1v) is 5.69. The predicted octanol–water partition coefficient (Wildman–Crippen LogP) is 2.18. The van der Waals surface area contributed by atoms with Gasteiger partial charge in [-0.15, -0.1) is 11.3 Å². The van der Waals surface area contributed by atoms with Gasteiger partial charge in [0.1, 0.15) is 6.10 Å². The van der Waals surface area contributed by atoms with Crippen molar-refractivity contribution in [2.45, 2.75) is 20.0 Å². The number of aryl methyl sites for hydroxylation is 3. The molecule has 0 radical (unpaired) electrons. The van der Waals surface area contributed by atoms with E-state index in [1.165, 1.54) is 4.88 Å². The van der Waals surface area contributed by atoms with Crippen molar-refractivity contribution in [2.75, 3.05) is 0 Å². The number of rotatable bonds is 2. The lowest BCUT2D eigenvalue weighted by molar-refractivity contribution is 0.215. The van der Waals surface area contributed by atoms with Crippen molar-refractivity contribution in [3.8, 4) is 0 Å². The molecule has 0 aliphatic carbocycles. The maximum absolute atomic E-state index is 10.1. The van der Waals surface area contributed by atoms with Crippen molar-refractivity contribution in [3.63, 3.8) is 0 Å². The molecule has 1 atom stereocenters. The van der Waals surface area contributed by atoms with Crippen LogP contribution in [0, 0.1) is 13.8 Å². The molecular weight excluding hydrogens is 208 g/mol. The summed E-state index contributed by atoms with van der Waals surface area (Å²) in [6.45, 7) is 4.01. The highest BCUT2D eigenvalue weighted by atomic mass is 32.1. The maximum atomic E-state index is 10.1. The van der Waals surface area contributed by atoms with Crippen LogP contribution in [0.2, 0.25) is 0 Å². The van der Waals surface area contributed by atoms with E-state index in [9.17, 15) is 5.11 Å². The Morgan fingerprint density at radius 3 is 2.60 bits per heavy atom. The number of hydrogen-bond donors (Lipinski definition) is 1. The molecule has 0 bridgehead atoms. The van der Waals surface area contributed by atoms with Crippen LogP contribution in [0.5, 0.6) is 0 Å². The van der Waals surface area contributed by atoms with Crippen LogP contribution in [0.25, 0.3) is 0 Å². The first kappa shape index (κ1) is 10.4. The molecule has 0 aromatic carbocycles. The lowest BCUT2D eigenvalue weighted by Gasteiger charge is -2.03. The monoisotopic (exact) mass is 222 g/mol. The van der Waals surface area contributed by atoms with Crippen LogP contribution in [0.4, 0.5) is 0 Å². The fraction of sp³-hybridized carbons (Fsp3) is 0.364. The van der Waals surface area contributed by atoms with Crippen molar-refractivity contribution in [3.05, 3.63) is 39.3 Å². The van der Waals surface area contributed by atoms with Gasteiger partial charge < -0.3 is 5.11 Å². The summed E-state index contributed by atoms with van der Waals surface area (Å²) in [5, 5.41) is 16.3. The molecule has 2 aromatic rings. The Bertz CT molecular complexity index is 453. The molecule has 3 nitrogen and oxygen atoms in total. The van der Waals surface area contributed by atoms with Gasteiger partial charge in [-0.2, -0.15) is 5.10 Å². The molecule has 2 aromatic heterocycles. The Labute approximate surface area is 93.0 Å². The summed E-state index contributed by atoms with van der Waals surface area (Å²) in [5.74, 6) is 0. The van der Waals surface area contributed by atoms with E-state index in [-0.39, 0.29) is 0 Å². The quantitative estimate of drug-likeness (QED) is 0.845. The van der Waals surface area contributed by atoms with Crippen LogP contribution in [0.15, 0.2) is 17.5 Å². The second-order valence-electron chi connectivity index (χ2n) is 3.73. The summed E-state index contributed by atoms with van der Waals surface area (Å²) < 4.78 is 1.78. The van der Waals surface area contributed by atoms with E-state index in [0.29, 0.717) is 5.69 Å². The Hall–Kier alpha value is -1.13. The third-order valence-electron chi connectivity index (χ3n) is 2.48. The van der Waals surface area contributed by atoms with E-state index in [1.807, 2.05) is 38.4 Å². The number of aliphatic hydroxyl groups is 1. The molecule has 0 fully saturated rings. The van der Waals surface area contributed by atoms with Gasteiger partial charge in [0.15, 0.2) is 0 Å². The molecule has 0 spiro atoms. The molecule has 2 rings (SSSR count). The van der Waals surface area contributed by atoms with Crippen LogP contribution in [0.3, 0.4) is 0 Å². The zero-order valence-electron chi connectivity index (χ0n) is 9.06. The summed E-state index contributed by atoms with van der Waals surface area (Å²) >= 11 is 1.64. The molecular formula is C11H14N2OS. The van der Waals surface area contributed by atoms with Crippen LogP contribution in [0.1, 0.15) is 27.9 Å². The van der Waals surface area contributed by atoms with Crippen LogP contribution < -0.4 is 0 Å². The van der Waals surface area contributed by atoms with E-state index < -0.39 is 6.10 Å². The second-order valence-corrected chi connectivity index (χ2v) is 4.84. The Balaban J connectivity index is 2.31. The fourth-order valence-corrected chi connectivity index (χ4v) is 2.22. The number of aliphatic hydroxyl groups excluding tert-OH is 1. The maximum Gasteiger partial charge on any atom is 0.124 e. The number of hydrogen-bond acceptors (Lipinski definition) is 3. The highest BCUT2D eigenvalue weighted by molar-refractivity contribution is 7.10. The zero-order valence-corrected chi connectivity index (χ0v) is 9.88. The van der Waals surface area contributed by atoms with Gasteiger partial charge in [0.25, 0.3) is 0 Å². The lowest BCUT2D eigenvalue weighted by Crippen LogP contribution is -2.00. The minimum Gasteiger partial charge on any atom is -0.382 e. The van der Waals surface area contributed by atoms with Gasteiger partial charge in [-0.25, -0.2) is 0 Å². The van der Waals surface area contributed by atoms with E-state index in [1.54, 1.807) is 16.0 Å². The number of thiophene rings is 1. The van der Waals surface area contributed by atoms with Crippen LogP contribution in [-0.4, -0.2) is 14.9 Å². The summed E-state index contributed by atoms with van der Waals surface area (Å²) in [6.07, 6.45) is -0.602. The molecule has 4 heteroatoms. The van der Waals surface area contributed by atoms with Gasteiger partial charge in [0.2, 0.25) is 0 Å². The Morgan fingerprint density at radius 2 is 2.13 bits per heavy atom. The van der Waals surface area contributed by atoms with E-state index in [4.69, 9.17) is 0 Å². The average molecular weight is 222 g/mol. The Morgan fingerprint density at radius 1 is 1.40 bits per heavy atom. The predicted molar refractivity (Wildman–Crippen MR) is 61.1 cm³/mol. The standard InChI is InChI=1S/C11H14N2OS/c1-7-4-10(12-13(7)3)11(14)9-5-8(2)15-6-9/h4-6,11,14H,1-3H3. The molecule has 0 saturated heterocycles. The van der Waals surface area contributed by atoms with E-state index in [0.717, 1.165) is 11.3 Å². The molecule has 80 valence electrons. The normalized spacial score (nSPS) is 13.1. The van der Waals surface area contributed by atoms with E-state index >= 15 is 0 Å².